The lowest BCUT2D eigenvalue weighted by molar-refractivity contribution is -0.168. The molecule has 1 amide bonds. The highest BCUT2D eigenvalue weighted by atomic mass is 16.4. The molecule has 7 heteroatoms. The number of likely N-dealkylation sites (tertiary alicyclic amines) is 1. The number of aliphatic carboxylic acids is 2. The van der Waals surface area contributed by atoms with Crippen molar-refractivity contribution in [3.05, 3.63) is 0 Å². The van der Waals surface area contributed by atoms with E-state index in [-0.39, 0.29) is 25.9 Å². The second kappa shape index (κ2) is 3.76. The van der Waals surface area contributed by atoms with E-state index in [2.05, 4.69) is 0 Å². The normalized spacial score (nSPS) is 19.6. The first kappa shape index (κ1) is 11.3. The van der Waals surface area contributed by atoms with Crippen LogP contribution in [0.3, 0.4) is 0 Å². The first-order valence-electron chi connectivity index (χ1n) is 4.35. The summed E-state index contributed by atoms with van der Waals surface area (Å²) in [6.45, 7) is -0.123. The highest BCUT2D eigenvalue weighted by Crippen LogP contribution is 2.32. The number of hydrogen-bond acceptors (Lipinski definition) is 3. The fourth-order valence-corrected chi connectivity index (χ4v) is 1.60. The molecule has 1 heterocycles. The second-order valence-electron chi connectivity index (χ2n) is 3.46. The number of carboxylic acids is 2. The Kier molecular flexibility index (Phi) is 2.83. The van der Waals surface area contributed by atoms with Gasteiger partial charge in [0.1, 0.15) is 0 Å². The molecule has 1 aliphatic rings. The summed E-state index contributed by atoms with van der Waals surface area (Å²) in [4.78, 5) is 33.2. The molecule has 0 aromatic carbocycles. The van der Waals surface area contributed by atoms with Crippen molar-refractivity contribution in [2.24, 2.45) is 5.41 Å². The van der Waals surface area contributed by atoms with E-state index in [0.29, 0.717) is 0 Å². The quantitative estimate of drug-likeness (QED) is 0.557. The largest absolute Gasteiger partial charge is 0.480 e. The van der Waals surface area contributed by atoms with Gasteiger partial charge in [-0.2, -0.15) is 0 Å². The van der Waals surface area contributed by atoms with Crippen LogP contribution in [0.2, 0.25) is 0 Å². The summed E-state index contributed by atoms with van der Waals surface area (Å²) < 4.78 is 0. The van der Waals surface area contributed by atoms with Gasteiger partial charge < -0.3 is 20.2 Å². The zero-order valence-electron chi connectivity index (χ0n) is 7.84. The van der Waals surface area contributed by atoms with E-state index in [1.165, 1.54) is 0 Å². The maximum absolute atomic E-state index is 10.8. The highest BCUT2D eigenvalue weighted by molar-refractivity contribution is 5.98. The highest BCUT2D eigenvalue weighted by Gasteiger charge is 2.49. The first-order chi connectivity index (χ1) is 6.90. The van der Waals surface area contributed by atoms with Crippen molar-refractivity contribution < 1.29 is 29.7 Å². The molecule has 1 saturated heterocycles. The van der Waals surface area contributed by atoms with Crippen molar-refractivity contribution >= 4 is 18.0 Å². The Morgan fingerprint density at radius 2 is 1.33 bits per heavy atom. The van der Waals surface area contributed by atoms with Crippen LogP contribution in [0.4, 0.5) is 4.79 Å². The monoisotopic (exact) mass is 217 g/mol. The van der Waals surface area contributed by atoms with E-state index in [1.54, 1.807) is 0 Å². The van der Waals surface area contributed by atoms with Crippen molar-refractivity contribution in [1.82, 2.24) is 4.90 Å². The number of carbonyl (C=O) groups is 3. The van der Waals surface area contributed by atoms with Crippen molar-refractivity contribution in [2.45, 2.75) is 12.8 Å². The van der Waals surface area contributed by atoms with E-state index in [0.717, 1.165) is 4.90 Å². The van der Waals surface area contributed by atoms with Gasteiger partial charge in [-0.05, 0) is 12.8 Å². The maximum atomic E-state index is 10.8. The lowest BCUT2D eigenvalue weighted by atomic mass is 9.78. The van der Waals surface area contributed by atoms with Gasteiger partial charge in [0.25, 0.3) is 0 Å². The molecule has 0 radical (unpaired) electrons. The standard InChI is InChI=1S/C8H11NO6/c10-5(11)8(6(12)13)1-3-9(4-2-8)7(14)15/h1-4H2,(H,10,11)(H,12,13)(H,14,15). The number of nitrogens with zero attached hydrogens (tertiary/aromatic N) is 1. The van der Waals surface area contributed by atoms with E-state index in [1.807, 2.05) is 0 Å². The van der Waals surface area contributed by atoms with Gasteiger partial charge in [0.15, 0.2) is 5.41 Å². The van der Waals surface area contributed by atoms with Crippen molar-refractivity contribution in [3.8, 4) is 0 Å². The molecular formula is C8H11NO6. The van der Waals surface area contributed by atoms with Gasteiger partial charge >= 0.3 is 18.0 Å². The molecular weight excluding hydrogens is 206 g/mol. The lowest BCUT2D eigenvalue weighted by Gasteiger charge is -2.34. The van der Waals surface area contributed by atoms with Crippen LogP contribution < -0.4 is 0 Å². The molecule has 1 aliphatic heterocycles. The topological polar surface area (TPSA) is 115 Å². The fourth-order valence-electron chi connectivity index (χ4n) is 1.60. The molecule has 15 heavy (non-hydrogen) atoms. The summed E-state index contributed by atoms with van der Waals surface area (Å²) in [6, 6.07) is 0. The molecule has 0 unspecified atom stereocenters. The van der Waals surface area contributed by atoms with Crippen LogP contribution >= 0.6 is 0 Å². The molecule has 0 saturated carbocycles. The fraction of sp³-hybridized carbons (Fsp3) is 0.625. The summed E-state index contributed by atoms with van der Waals surface area (Å²) in [5, 5.41) is 26.3. The van der Waals surface area contributed by atoms with Crippen LogP contribution in [0.15, 0.2) is 0 Å². The predicted molar refractivity (Wildman–Crippen MR) is 46.5 cm³/mol. The number of piperidine rings is 1. The summed E-state index contributed by atoms with van der Waals surface area (Å²) in [5.74, 6) is -2.81. The third-order valence-electron chi connectivity index (χ3n) is 2.71. The van der Waals surface area contributed by atoms with Gasteiger partial charge in [0, 0.05) is 13.1 Å². The van der Waals surface area contributed by atoms with Crippen LogP contribution in [0, 0.1) is 5.41 Å². The Morgan fingerprint density at radius 1 is 0.933 bits per heavy atom. The van der Waals surface area contributed by atoms with Crippen LogP contribution in [-0.4, -0.2) is 51.3 Å². The molecule has 0 aliphatic carbocycles. The Hall–Kier alpha value is -1.79. The Bertz CT molecular complexity index is 288. The van der Waals surface area contributed by atoms with Crippen LogP contribution in [0.5, 0.6) is 0 Å². The van der Waals surface area contributed by atoms with Gasteiger partial charge in [-0.25, -0.2) is 4.79 Å². The Labute approximate surface area is 84.9 Å². The molecule has 0 bridgehead atoms. The summed E-state index contributed by atoms with van der Waals surface area (Å²) in [6.07, 6.45) is -1.53. The van der Waals surface area contributed by atoms with Crippen LogP contribution in [0.25, 0.3) is 0 Å². The average Bonchev–Trinajstić information content (AvgIpc) is 2.17. The zero-order valence-corrected chi connectivity index (χ0v) is 7.84. The zero-order chi connectivity index (χ0) is 11.6. The number of rotatable bonds is 2. The number of hydrogen-bond donors (Lipinski definition) is 3. The second-order valence-corrected chi connectivity index (χ2v) is 3.46. The number of amides is 1. The lowest BCUT2D eigenvalue weighted by Crippen LogP contribution is -2.50. The third-order valence-corrected chi connectivity index (χ3v) is 2.71. The van der Waals surface area contributed by atoms with Gasteiger partial charge in [-0.3, -0.25) is 9.59 Å². The molecule has 0 atom stereocenters. The molecule has 1 fully saturated rings. The summed E-state index contributed by atoms with van der Waals surface area (Å²) >= 11 is 0. The van der Waals surface area contributed by atoms with Gasteiger partial charge in [0.05, 0.1) is 0 Å². The molecule has 0 aromatic rings. The van der Waals surface area contributed by atoms with Crippen molar-refractivity contribution in [1.29, 1.82) is 0 Å². The Morgan fingerprint density at radius 3 is 1.60 bits per heavy atom. The SMILES string of the molecule is O=C(O)N1CCC(C(=O)O)(C(=O)O)CC1. The molecule has 0 aromatic heterocycles. The van der Waals surface area contributed by atoms with Crippen LogP contribution in [0.1, 0.15) is 12.8 Å². The van der Waals surface area contributed by atoms with Gasteiger partial charge in [-0.1, -0.05) is 0 Å². The third kappa shape index (κ3) is 1.85. The molecule has 0 spiro atoms. The van der Waals surface area contributed by atoms with Crippen LogP contribution in [-0.2, 0) is 9.59 Å². The van der Waals surface area contributed by atoms with E-state index >= 15 is 0 Å². The molecule has 84 valence electrons. The van der Waals surface area contributed by atoms with E-state index in [4.69, 9.17) is 15.3 Å². The van der Waals surface area contributed by atoms with Gasteiger partial charge in [0.2, 0.25) is 0 Å². The summed E-state index contributed by atoms with van der Waals surface area (Å²) in [5.41, 5.74) is -1.83. The minimum atomic E-state index is -1.83. The molecule has 3 N–H and O–H groups in total. The molecule has 1 rings (SSSR count). The summed E-state index contributed by atoms with van der Waals surface area (Å²) in [7, 11) is 0. The smallest absolute Gasteiger partial charge is 0.407 e. The van der Waals surface area contributed by atoms with E-state index < -0.39 is 23.4 Å². The first-order valence-corrected chi connectivity index (χ1v) is 4.35. The molecule has 7 nitrogen and oxygen atoms in total. The van der Waals surface area contributed by atoms with E-state index in [9.17, 15) is 14.4 Å². The predicted octanol–water partition coefficient (Wildman–Crippen LogP) is -0.0842. The van der Waals surface area contributed by atoms with Crippen molar-refractivity contribution in [3.63, 3.8) is 0 Å². The van der Waals surface area contributed by atoms with Gasteiger partial charge in [-0.15, -0.1) is 0 Å². The van der Waals surface area contributed by atoms with Crippen molar-refractivity contribution in [2.75, 3.05) is 13.1 Å². The maximum Gasteiger partial charge on any atom is 0.407 e. The minimum absolute atomic E-state index is 0.0616. The average molecular weight is 217 g/mol. The number of carboxylic acid groups (broad SMARTS) is 3. The Balaban J connectivity index is 2.79. The minimum Gasteiger partial charge on any atom is -0.480 e.